The standard InChI is InChI=1S/C16H24N2O.ClH/c1-2-14(12-13-8-4-3-5-9-13)18-15(19)16(17)10-6-7-11-16;/h3-5,8-9,14H,2,6-7,10-12,17H2,1H3,(H,18,19);1H. The van der Waals surface area contributed by atoms with Crippen LogP contribution in [0.2, 0.25) is 0 Å². The van der Waals surface area contributed by atoms with E-state index in [0.717, 1.165) is 38.5 Å². The van der Waals surface area contributed by atoms with Gasteiger partial charge < -0.3 is 11.1 Å². The second-order valence-corrected chi connectivity index (χ2v) is 5.63. The first-order chi connectivity index (χ1) is 9.14. The summed E-state index contributed by atoms with van der Waals surface area (Å²) in [7, 11) is 0. The van der Waals surface area contributed by atoms with Gasteiger partial charge in [0.2, 0.25) is 5.91 Å². The molecule has 0 aromatic heterocycles. The van der Waals surface area contributed by atoms with E-state index in [1.54, 1.807) is 0 Å². The van der Waals surface area contributed by atoms with Crippen LogP contribution in [0, 0.1) is 0 Å². The van der Waals surface area contributed by atoms with Crippen molar-refractivity contribution in [3.8, 4) is 0 Å². The summed E-state index contributed by atoms with van der Waals surface area (Å²) in [5, 5.41) is 3.13. The molecule has 112 valence electrons. The number of halogens is 1. The van der Waals surface area contributed by atoms with E-state index in [4.69, 9.17) is 5.73 Å². The molecule has 1 saturated carbocycles. The van der Waals surface area contributed by atoms with Crippen molar-refractivity contribution in [3.05, 3.63) is 35.9 Å². The number of carbonyl (C=O) groups is 1. The number of hydrogen-bond donors (Lipinski definition) is 2. The molecule has 1 aromatic carbocycles. The predicted molar refractivity (Wildman–Crippen MR) is 85.0 cm³/mol. The van der Waals surface area contributed by atoms with Crippen LogP contribution in [-0.4, -0.2) is 17.5 Å². The highest BCUT2D eigenvalue weighted by Crippen LogP contribution is 2.27. The Morgan fingerprint density at radius 2 is 1.90 bits per heavy atom. The average molecular weight is 297 g/mol. The van der Waals surface area contributed by atoms with Gasteiger partial charge in [-0.15, -0.1) is 12.4 Å². The molecule has 1 unspecified atom stereocenters. The summed E-state index contributed by atoms with van der Waals surface area (Å²) in [6, 6.07) is 10.5. The number of nitrogens with one attached hydrogen (secondary N) is 1. The van der Waals surface area contributed by atoms with E-state index in [-0.39, 0.29) is 24.4 Å². The smallest absolute Gasteiger partial charge is 0.240 e. The number of benzene rings is 1. The highest BCUT2D eigenvalue weighted by atomic mass is 35.5. The molecule has 1 atom stereocenters. The monoisotopic (exact) mass is 296 g/mol. The average Bonchev–Trinajstić information content (AvgIpc) is 2.87. The lowest BCUT2D eigenvalue weighted by Gasteiger charge is -2.26. The maximum absolute atomic E-state index is 12.3. The molecule has 0 bridgehead atoms. The van der Waals surface area contributed by atoms with Crippen molar-refractivity contribution in [2.75, 3.05) is 0 Å². The van der Waals surface area contributed by atoms with Crippen molar-refractivity contribution in [2.45, 2.75) is 57.0 Å². The molecule has 1 aliphatic rings. The molecule has 1 aliphatic carbocycles. The third-order valence-corrected chi connectivity index (χ3v) is 4.10. The molecule has 0 aliphatic heterocycles. The van der Waals surface area contributed by atoms with E-state index in [2.05, 4.69) is 24.4 Å². The van der Waals surface area contributed by atoms with Crippen LogP contribution in [0.25, 0.3) is 0 Å². The van der Waals surface area contributed by atoms with Crippen molar-refractivity contribution in [1.29, 1.82) is 0 Å². The van der Waals surface area contributed by atoms with Crippen LogP contribution in [0.3, 0.4) is 0 Å². The molecule has 0 radical (unpaired) electrons. The zero-order chi connectivity index (χ0) is 13.7. The first-order valence-corrected chi connectivity index (χ1v) is 7.28. The normalized spacial score (nSPS) is 18.1. The van der Waals surface area contributed by atoms with Gasteiger partial charge in [0.25, 0.3) is 0 Å². The largest absolute Gasteiger partial charge is 0.351 e. The first kappa shape index (κ1) is 17.0. The topological polar surface area (TPSA) is 55.1 Å². The lowest BCUT2D eigenvalue weighted by molar-refractivity contribution is -0.126. The van der Waals surface area contributed by atoms with Gasteiger partial charge in [0.05, 0.1) is 5.54 Å². The van der Waals surface area contributed by atoms with E-state index in [1.807, 2.05) is 18.2 Å². The fourth-order valence-electron chi connectivity index (χ4n) is 2.76. The minimum atomic E-state index is -0.621. The third kappa shape index (κ3) is 4.22. The van der Waals surface area contributed by atoms with E-state index < -0.39 is 5.54 Å². The molecule has 2 rings (SSSR count). The summed E-state index contributed by atoms with van der Waals surface area (Å²) >= 11 is 0. The van der Waals surface area contributed by atoms with E-state index in [9.17, 15) is 4.79 Å². The molecular weight excluding hydrogens is 272 g/mol. The van der Waals surface area contributed by atoms with Gasteiger partial charge in [-0.2, -0.15) is 0 Å². The molecule has 1 fully saturated rings. The number of rotatable bonds is 5. The van der Waals surface area contributed by atoms with Gasteiger partial charge in [0, 0.05) is 6.04 Å². The van der Waals surface area contributed by atoms with Crippen molar-refractivity contribution in [2.24, 2.45) is 5.73 Å². The molecule has 0 saturated heterocycles. The van der Waals surface area contributed by atoms with Crippen molar-refractivity contribution in [3.63, 3.8) is 0 Å². The molecular formula is C16H25ClN2O. The first-order valence-electron chi connectivity index (χ1n) is 7.28. The Bertz CT molecular complexity index is 416. The molecule has 4 heteroatoms. The lowest BCUT2D eigenvalue weighted by atomic mass is 9.96. The molecule has 3 nitrogen and oxygen atoms in total. The van der Waals surface area contributed by atoms with Crippen LogP contribution in [0.4, 0.5) is 0 Å². The molecule has 0 spiro atoms. The van der Waals surface area contributed by atoms with E-state index >= 15 is 0 Å². The quantitative estimate of drug-likeness (QED) is 0.878. The number of hydrogen-bond acceptors (Lipinski definition) is 2. The Balaban J connectivity index is 0.00000200. The Hall–Kier alpha value is -1.06. The van der Waals surface area contributed by atoms with Gasteiger partial charge in [0.15, 0.2) is 0 Å². The molecule has 1 amide bonds. The summed E-state index contributed by atoms with van der Waals surface area (Å²) in [5.74, 6) is 0.0350. The van der Waals surface area contributed by atoms with Gasteiger partial charge in [0.1, 0.15) is 0 Å². The van der Waals surface area contributed by atoms with Crippen LogP contribution in [-0.2, 0) is 11.2 Å². The third-order valence-electron chi connectivity index (χ3n) is 4.10. The van der Waals surface area contributed by atoms with Crippen LogP contribution < -0.4 is 11.1 Å². The zero-order valence-electron chi connectivity index (χ0n) is 12.1. The predicted octanol–water partition coefficient (Wildman–Crippen LogP) is 2.82. The highest BCUT2D eigenvalue weighted by Gasteiger charge is 2.37. The number of nitrogens with two attached hydrogens (primary N) is 1. The van der Waals surface area contributed by atoms with Crippen molar-refractivity contribution in [1.82, 2.24) is 5.32 Å². The number of carbonyl (C=O) groups excluding carboxylic acids is 1. The summed E-state index contributed by atoms with van der Waals surface area (Å²) in [4.78, 5) is 12.3. The minimum absolute atomic E-state index is 0. The van der Waals surface area contributed by atoms with Crippen LogP contribution >= 0.6 is 12.4 Å². The summed E-state index contributed by atoms with van der Waals surface area (Å²) in [6.45, 7) is 2.10. The van der Waals surface area contributed by atoms with Crippen LogP contribution in [0.15, 0.2) is 30.3 Å². The van der Waals surface area contributed by atoms with Crippen molar-refractivity contribution >= 4 is 18.3 Å². The van der Waals surface area contributed by atoms with Gasteiger partial charge in [-0.1, -0.05) is 50.1 Å². The molecule has 3 N–H and O–H groups in total. The lowest BCUT2D eigenvalue weighted by Crippen LogP contribution is -2.54. The SMILES string of the molecule is CCC(Cc1ccccc1)NC(=O)C1(N)CCCC1.Cl. The fraction of sp³-hybridized carbons (Fsp3) is 0.562. The fourth-order valence-corrected chi connectivity index (χ4v) is 2.76. The maximum atomic E-state index is 12.3. The minimum Gasteiger partial charge on any atom is -0.351 e. The summed E-state index contributed by atoms with van der Waals surface area (Å²) in [5.41, 5.74) is 6.82. The van der Waals surface area contributed by atoms with Gasteiger partial charge in [-0.05, 0) is 31.2 Å². The Kier molecular flexibility index (Phi) is 6.50. The summed E-state index contributed by atoms with van der Waals surface area (Å²) < 4.78 is 0. The maximum Gasteiger partial charge on any atom is 0.240 e. The van der Waals surface area contributed by atoms with Gasteiger partial charge in [-0.3, -0.25) is 4.79 Å². The summed E-state index contributed by atoms with van der Waals surface area (Å²) in [6.07, 6.45) is 5.58. The van der Waals surface area contributed by atoms with E-state index in [0.29, 0.717) is 0 Å². The van der Waals surface area contributed by atoms with Gasteiger partial charge in [-0.25, -0.2) is 0 Å². The van der Waals surface area contributed by atoms with Gasteiger partial charge >= 0.3 is 0 Å². The highest BCUT2D eigenvalue weighted by molar-refractivity contribution is 5.86. The zero-order valence-corrected chi connectivity index (χ0v) is 12.9. The second kappa shape index (κ2) is 7.65. The second-order valence-electron chi connectivity index (χ2n) is 5.63. The Morgan fingerprint density at radius 3 is 2.45 bits per heavy atom. The Labute approximate surface area is 127 Å². The number of amides is 1. The molecule has 1 aromatic rings. The van der Waals surface area contributed by atoms with E-state index in [1.165, 1.54) is 5.56 Å². The van der Waals surface area contributed by atoms with Crippen LogP contribution in [0.5, 0.6) is 0 Å². The van der Waals surface area contributed by atoms with Crippen molar-refractivity contribution < 1.29 is 4.79 Å². The van der Waals surface area contributed by atoms with Crippen LogP contribution in [0.1, 0.15) is 44.6 Å². The Morgan fingerprint density at radius 1 is 1.30 bits per heavy atom. The molecule has 20 heavy (non-hydrogen) atoms. The molecule has 0 heterocycles.